The van der Waals surface area contributed by atoms with Gasteiger partial charge in [0.25, 0.3) is 5.91 Å². The molecule has 2 amide bonds. The Kier molecular flexibility index (Phi) is 4.77. The van der Waals surface area contributed by atoms with Crippen LogP contribution in [-0.2, 0) is 9.53 Å². The molecule has 1 aliphatic rings. The van der Waals surface area contributed by atoms with E-state index < -0.39 is 0 Å². The van der Waals surface area contributed by atoms with Crippen LogP contribution in [0.3, 0.4) is 0 Å². The molecule has 1 N–H and O–H groups in total. The van der Waals surface area contributed by atoms with Crippen molar-refractivity contribution < 1.29 is 23.2 Å². The second-order valence-corrected chi connectivity index (χ2v) is 5.20. The van der Waals surface area contributed by atoms with E-state index in [9.17, 15) is 9.59 Å². The highest BCUT2D eigenvalue weighted by molar-refractivity contribution is 5.91. The Labute approximate surface area is 133 Å². The topological polar surface area (TPSA) is 84.9 Å². The van der Waals surface area contributed by atoms with Gasteiger partial charge in [-0.05, 0) is 24.3 Å². The van der Waals surface area contributed by atoms with Crippen molar-refractivity contribution in [2.45, 2.75) is 12.5 Å². The molecule has 23 heavy (non-hydrogen) atoms. The minimum Gasteiger partial charge on any atom is -0.467 e. The van der Waals surface area contributed by atoms with Gasteiger partial charge < -0.3 is 23.8 Å². The molecule has 1 saturated heterocycles. The zero-order chi connectivity index (χ0) is 16.1. The van der Waals surface area contributed by atoms with E-state index in [1.165, 1.54) is 6.26 Å². The molecule has 2 aromatic rings. The van der Waals surface area contributed by atoms with Crippen molar-refractivity contribution in [3.63, 3.8) is 0 Å². The van der Waals surface area contributed by atoms with Gasteiger partial charge in [-0.2, -0.15) is 0 Å². The van der Waals surface area contributed by atoms with Crippen molar-refractivity contribution in [3.05, 3.63) is 48.3 Å². The summed E-state index contributed by atoms with van der Waals surface area (Å²) in [5, 5.41) is 2.66. The molecule has 0 aliphatic carbocycles. The Morgan fingerprint density at radius 1 is 1.22 bits per heavy atom. The predicted molar refractivity (Wildman–Crippen MR) is 79.6 cm³/mol. The molecule has 3 heterocycles. The quantitative estimate of drug-likeness (QED) is 0.905. The minimum atomic E-state index is -0.321. The summed E-state index contributed by atoms with van der Waals surface area (Å²) in [6, 6.07) is 6.85. The van der Waals surface area contributed by atoms with E-state index >= 15 is 0 Å². The number of rotatable bonds is 5. The predicted octanol–water partition coefficient (Wildman–Crippen LogP) is 1.59. The summed E-state index contributed by atoms with van der Waals surface area (Å²) >= 11 is 0. The van der Waals surface area contributed by atoms with Crippen molar-refractivity contribution in [1.82, 2.24) is 10.2 Å². The molecule has 7 nitrogen and oxygen atoms in total. The molecule has 0 radical (unpaired) electrons. The van der Waals surface area contributed by atoms with E-state index in [0.717, 1.165) is 0 Å². The van der Waals surface area contributed by atoms with Crippen LogP contribution >= 0.6 is 0 Å². The Morgan fingerprint density at radius 3 is 2.78 bits per heavy atom. The van der Waals surface area contributed by atoms with Crippen LogP contribution in [0.5, 0.6) is 0 Å². The third-order valence-corrected chi connectivity index (χ3v) is 3.65. The number of ether oxygens (including phenoxy) is 1. The van der Waals surface area contributed by atoms with Crippen molar-refractivity contribution in [2.75, 3.05) is 26.2 Å². The van der Waals surface area contributed by atoms with Gasteiger partial charge in [0.2, 0.25) is 5.91 Å². The Bertz CT molecular complexity index is 635. The number of furan rings is 2. The first-order valence-corrected chi connectivity index (χ1v) is 7.48. The van der Waals surface area contributed by atoms with Gasteiger partial charge in [0.1, 0.15) is 11.9 Å². The Hall–Kier alpha value is -2.54. The van der Waals surface area contributed by atoms with Crippen LogP contribution in [0, 0.1) is 0 Å². The number of carbonyl (C=O) groups excluding carboxylic acids is 2. The highest BCUT2D eigenvalue weighted by atomic mass is 16.5. The normalized spacial score (nSPS) is 17.9. The summed E-state index contributed by atoms with van der Waals surface area (Å²) in [5.41, 5.74) is 0. The molecular formula is C16H18N2O5. The van der Waals surface area contributed by atoms with Gasteiger partial charge in [-0.15, -0.1) is 0 Å². The molecule has 1 atom stereocenters. The van der Waals surface area contributed by atoms with E-state index in [1.807, 2.05) is 6.07 Å². The number of nitrogens with one attached hydrogen (secondary N) is 1. The van der Waals surface area contributed by atoms with E-state index in [-0.39, 0.29) is 36.6 Å². The smallest absolute Gasteiger partial charge is 0.286 e. The summed E-state index contributed by atoms with van der Waals surface area (Å²) in [5.74, 6) is 0.609. The molecule has 1 fully saturated rings. The van der Waals surface area contributed by atoms with Gasteiger partial charge >= 0.3 is 0 Å². The zero-order valence-electron chi connectivity index (χ0n) is 12.6. The summed E-state index contributed by atoms with van der Waals surface area (Å²) in [4.78, 5) is 25.7. The summed E-state index contributed by atoms with van der Waals surface area (Å²) in [6.07, 6.45) is 3.02. The second-order valence-electron chi connectivity index (χ2n) is 5.20. The SMILES string of the molecule is O=C(NCCC(=O)N1CCOC(c2ccco2)C1)c1ccco1. The van der Waals surface area contributed by atoms with Crippen molar-refractivity contribution in [2.24, 2.45) is 0 Å². The molecule has 2 aromatic heterocycles. The fraction of sp³-hybridized carbons (Fsp3) is 0.375. The van der Waals surface area contributed by atoms with Gasteiger partial charge in [-0.25, -0.2) is 0 Å². The summed E-state index contributed by atoms with van der Waals surface area (Å²) < 4.78 is 15.9. The van der Waals surface area contributed by atoms with E-state index in [2.05, 4.69) is 5.32 Å². The number of morpholine rings is 1. The average molecular weight is 318 g/mol. The standard InChI is InChI=1S/C16H18N2O5/c19-15(5-6-17-16(20)13-4-2-9-22-13)18-7-10-23-14(11-18)12-3-1-8-21-12/h1-4,8-9,14H,5-7,10-11H2,(H,17,20). The molecule has 122 valence electrons. The average Bonchev–Trinajstić information content (AvgIpc) is 3.28. The molecule has 7 heteroatoms. The highest BCUT2D eigenvalue weighted by Gasteiger charge is 2.26. The summed E-state index contributed by atoms with van der Waals surface area (Å²) in [7, 11) is 0. The zero-order valence-corrected chi connectivity index (χ0v) is 12.6. The highest BCUT2D eigenvalue weighted by Crippen LogP contribution is 2.22. The first-order valence-electron chi connectivity index (χ1n) is 7.48. The Balaban J connectivity index is 1.45. The number of carbonyl (C=O) groups is 2. The van der Waals surface area contributed by atoms with E-state index in [0.29, 0.717) is 25.5 Å². The lowest BCUT2D eigenvalue weighted by molar-refractivity contribution is -0.139. The number of hydrogen-bond donors (Lipinski definition) is 1. The summed E-state index contributed by atoms with van der Waals surface area (Å²) in [6.45, 7) is 1.73. The lowest BCUT2D eigenvalue weighted by atomic mass is 10.2. The second kappa shape index (κ2) is 7.15. The third kappa shape index (κ3) is 3.81. The first-order chi connectivity index (χ1) is 11.2. The molecule has 1 aliphatic heterocycles. The molecule has 3 rings (SSSR count). The molecular weight excluding hydrogens is 300 g/mol. The minimum absolute atomic E-state index is 0.0235. The van der Waals surface area contributed by atoms with Crippen molar-refractivity contribution in [1.29, 1.82) is 0 Å². The first kappa shape index (κ1) is 15.4. The Morgan fingerprint density at radius 2 is 2.04 bits per heavy atom. The van der Waals surface area contributed by atoms with Gasteiger partial charge in [-0.3, -0.25) is 9.59 Å². The van der Waals surface area contributed by atoms with Crippen LogP contribution < -0.4 is 5.32 Å². The van der Waals surface area contributed by atoms with Crippen molar-refractivity contribution >= 4 is 11.8 Å². The van der Waals surface area contributed by atoms with Crippen LogP contribution in [-0.4, -0.2) is 43.0 Å². The lowest BCUT2D eigenvalue weighted by Gasteiger charge is -2.32. The van der Waals surface area contributed by atoms with Gasteiger partial charge in [0.15, 0.2) is 5.76 Å². The maximum absolute atomic E-state index is 12.2. The van der Waals surface area contributed by atoms with Crippen molar-refractivity contribution in [3.8, 4) is 0 Å². The lowest BCUT2D eigenvalue weighted by Crippen LogP contribution is -2.43. The molecule has 0 spiro atoms. The molecule has 0 saturated carbocycles. The van der Waals surface area contributed by atoms with Gasteiger partial charge in [-0.1, -0.05) is 0 Å². The largest absolute Gasteiger partial charge is 0.467 e. The fourth-order valence-electron chi connectivity index (χ4n) is 2.46. The maximum Gasteiger partial charge on any atom is 0.286 e. The number of amides is 2. The van der Waals surface area contributed by atoms with Crippen LogP contribution in [0.2, 0.25) is 0 Å². The van der Waals surface area contributed by atoms with Gasteiger partial charge in [0, 0.05) is 19.5 Å². The van der Waals surface area contributed by atoms with E-state index in [4.69, 9.17) is 13.6 Å². The van der Waals surface area contributed by atoms with Crippen LogP contribution in [0.4, 0.5) is 0 Å². The molecule has 1 unspecified atom stereocenters. The maximum atomic E-state index is 12.2. The molecule has 0 bridgehead atoms. The fourth-order valence-corrected chi connectivity index (χ4v) is 2.46. The molecule has 0 aromatic carbocycles. The monoisotopic (exact) mass is 318 g/mol. The third-order valence-electron chi connectivity index (χ3n) is 3.65. The van der Waals surface area contributed by atoms with Crippen LogP contribution in [0.25, 0.3) is 0 Å². The van der Waals surface area contributed by atoms with Crippen LogP contribution in [0.1, 0.15) is 28.8 Å². The number of nitrogens with zero attached hydrogens (tertiary/aromatic N) is 1. The number of hydrogen-bond acceptors (Lipinski definition) is 5. The van der Waals surface area contributed by atoms with Gasteiger partial charge in [0.05, 0.1) is 25.7 Å². The van der Waals surface area contributed by atoms with Crippen LogP contribution in [0.15, 0.2) is 45.6 Å². The van der Waals surface area contributed by atoms with E-state index in [1.54, 1.807) is 29.4 Å².